The number of nitrogens with two attached hydrogens (primary N) is 1. The van der Waals surface area contributed by atoms with Crippen molar-refractivity contribution in [2.24, 2.45) is 5.73 Å². The summed E-state index contributed by atoms with van der Waals surface area (Å²) in [6.45, 7) is 0. The first-order chi connectivity index (χ1) is 17.3. The molecule has 0 aliphatic carbocycles. The topological polar surface area (TPSA) is 139 Å². The Kier molecular flexibility index (Phi) is 7.31. The molecule has 5 N–H and O–H groups in total. The lowest BCUT2D eigenvalue weighted by molar-refractivity contribution is -0.113. The van der Waals surface area contributed by atoms with Crippen LogP contribution in [0, 0.1) is 0 Å². The van der Waals surface area contributed by atoms with Crippen LogP contribution in [0.1, 0.15) is 31.1 Å². The molecular weight excluding hydrogens is 478 g/mol. The SMILES string of the molecule is NC(=O)c1ccc(NC(=O)CSc2cccc(NC(=O)c3cccc4cccc(C(=O)O)c34)c2)cc1. The van der Waals surface area contributed by atoms with Gasteiger partial charge in [-0.2, -0.15) is 0 Å². The average Bonchev–Trinajstić information content (AvgIpc) is 2.87. The Morgan fingerprint density at radius 2 is 1.44 bits per heavy atom. The Hall–Kier alpha value is -4.63. The molecule has 0 fully saturated rings. The zero-order valence-corrected chi connectivity index (χ0v) is 19.7. The van der Waals surface area contributed by atoms with E-state index in [1.807, 2.05) is 6.07 Å². The summed E-state index contributed by atoms with van der Waals surface area (Å²) in [6.07, 6.45) is 0. The van der Waals surface area contributed by atoms with Crippen LogP contribution in [0.25, 0.3) is 10.8 Å². The fourth-order valence-electron chi connectivity index (χ4n) is 3.63. The third-order valence-electron chi connectivity index (χ3n) is 5.29. The van der Waals surface area contributed by atoms with E-state index >= 15 is 0 Å². The van der Waals surface area contributed by atoms with Crippen molar-refractivity contribution in [1.82, 2.24) is 0 Å². The number of carbonyl (C=O) groups excluding carboxylic acids is 3. The number of amides is 3. The lowest BCUT2D eigenvalue weighted by atomic mass is 9.98. The largest absolute Gasteiger partial charge is 0.478 e. The van der Waals surface area contributed by atoms with Gasteiger partial charge in [-0.25, -0.2) is 4.79 Å². The van der Waals surface area contributed by atoms with Crippen molar-refractivity contribution in [2.45, 2.75) is 4.90 Å². The Morgan fingerprint density at radius 3 is 2.11 bits per heavy atom. The number of hydrogen-bond acceptors (Lipinski definition) is 5. The highest BCUT2D eigenvalue weighted by atomic mass is 32.2. The van der Waals surface area contributed by atoms with E-state index in [0.29, 0.717) is 27.7 Å². The predicted octanol–water partition coefficient (Wildman–Crippen LogP) is 4.62. The summed E-state index contributed by atoms with van der Waals surface area (Å²) >= 11 is 1.29. The van der Waals surface area contributed by atoms with Gasteiger partial charge in [-0.3, -0.25) is 14.4 Å². The Balaban J connectivity index is 1.43. The maximum atomic E-state index is 13.0. The van der Waals surface area contributed by atoms with Gasteiger partial charge in [0, 0.05) is 32.8 Å². The normalized spacial score (nSPS) is 10.6. The molecule has 4 aromatic carbocycles. The van der Waals surface area contributed by atoms with Crippen LogP contribution in [0.5, 0.6) is 0 Å². The van der Waals surface area contributed by atoms with E-state index in [1.54, 1.807) is 60.7 Å². The summed E-state index contributed by atoms with van der Waals surface area (Å²) in [6, 6.07) is 23.2. The van der Waals surface area contributed by atoms with Gasteiger partial charge in [0.05, 0.1) is 11.3 Å². The lowest BCUT2D eigenvalue weighted by Crippen LogP contribution is -2.15. The van der Waals surface area contributed by atoms with Gasteiger partial charge in [0.25, 0.3) is 5.91 Å². The number of rotatable bonds is 8. The van der Waals surface area contributed by atoms with E-state index in [9.17, 15) is 24.3 Å². The molecule has 8 nitrogen and oxygen atoms in total. The quantitative estimate of drug-likeness (QED) is 0.261. The summed E-state index contributed by atoms with van der Waals surface area (Å²) in [5.41, 5.74) is 6.93. The van der Waals surface area contributed by atoms with Crippen LogP contribution in [0.2, 0.25) is 0 Å². The second-order valence-corrected chi connectivity index (χ2v) is 8.82. The van der Waals surface area contributed by atoms with E-state index in [1.165, 1.54) is 30.0 Å². The lowest BCUT2D eigenvalue weighted by Gasteiger charge is -2.11. The van der Waals surface area contributed by atoms with Gasteiger partial charge < -0.3 is 21.5 Å². The zero-order valence-electron chi connectivity index (χ0n) is 18.9. The Labute approximate surface area is 210 Å². The maximum absolute atomic E-state index is 13.0. The number of anilines is 2. The number of fused-ring (bicyclic) bond motifs is 1. The van der Waals surface area contributed by atoms with Crippen LogP contribution in [0.3, 0.4) is 0 Å². The summed E-state index contributed by atoms with van der Waals surface area (Å²) in [5.74, 6) is -2.20. The van der Waals surface area contributed by atoms with Crippen molar-refractivity contribution >= 4 is 57.6 Å². The molecule has 0 bridgehead atoms. The predicted molar refractivity (Wildman–Crippen MR) is 140 cm³/mol. The number of primary amides is 1. The summed E-state index contributed by atoms with van der Waals surface area (Å²) in [4.78, 5) is 49.0. The van der Waals surface area contributed by atoms with Gasteiger partial charge in [-0.1, -0.05) is 30.3 Å². The third-order valence-corrected chi connectivity index (χ3v) is 6.29. The number of carbonyl (C=O) groups is 4. The van der Waals surface area contributed by atoms with Crippen LogP contribution in [0.4, 0.5) is 11.4 Å². The molecule has 4 rings (SSSR count). The van der Waals surface area contributed by atoms with Crippen molar-refractivity contribution in [1.29, 1.82) is 0 Å². The molecule has 36 heavy (non-hydrogen) atoms. The zero-order chi connectivity index (χ0) is 25.7. The third kappa shape index (κ3) is 5.70. The highest BCUT2D eigenvalue weighted by Gasteiger charge is 2.17. The van der Waals surface area contributed by atoms with E-state index in [-0.39, 0.29) is 22.8 Å². The highest BCUT2D eigenvalue weighted by Crippen LogP contribution is 2.26. The molecule has 4 aromatic rings. The van der Waals surface area contributed by atoms with Crippen LogP contribution >= 0.6 is 11.8 Å². The first-order valence-electron chi connectivity index (χ1n) is 10.8. The number of hydrogen-bond donors (Lipinski definition) is 4. The maximum Gasteiger partial charge on any atom is 0.336 e. The summed E-state index contributed by atoms with van der Waals surface area (Å²) in [5, 5.41) is 16.2. The number of carboxylic acid groups (broad SMARTS) is 1. The van der Waals surface area contributed by atoms with Gasteiger partial charge >= 0.3 is 5.97 Å². The number of aromatic carboxylic acids is 1. The number of carboxylic acids is 1. The van der Waals surface area contributed by atoms with Crippen molar-refractivity contribution in [2.75, 3.05) is 16.4 Å². The fourth-order valence-corrected chi connectivity index (χ4v) is 4.39. The number of nitrogens with one attached hydrogen (secondary N) is 2. The molecule has 0 aromatic heterocycles. The second-order valence-electron chi connectivity index (χ2n) is 7.77. The van der Waals surface area contributed by atoms with Crippen LogP contribution < -0.4 is 16.4 Å². The summed E-state index contributed by atoms with van der Waals surface area (Å²) < 4.78 is 0. The Bertz CT molecular complexity index is 1480. The fraction of sp³-hybridized carbons (Fsp3) is 0.0370. The first kappa shape index (κ1) is 24.5. The molecular formula is C27H21N3O5S. The minimum atomic E-state index is -1.11. The van der Waals surface area contributed by atoms with Crippen LogP contribution in [-0.2, 0) is 4.79 Å². The minimum Gasteiger partial charge on any atom is -0.478 e. The molecule has 0 spiro atoms. The van der Waals surface area contributed by atoms with E-state index < -0.39 is 17.8 Å². The average molecular weight is 500 g/mol. The van der Waals surface area contributed by atoms with Gasteiger partial charge in [0.2, 0.25) is 11.8 Å². The molecule has 0 heterocycles. The summed E-state index contributed by atoms with van der Waals surface area (Å²) in [7, 11) is 0. The first-order valence-corrected chi connectivity index (χ1v) is 11.8. The Morgan fingerprint density at radius 1 is 0.778 bits per heavy atom. The van der Waals surface area contributed by atoms with E-state index in [0.717, 1.165) is 4.90 Å². The van der Waals surface area contributed by atoms with Crippen LogP contribution in [-0.4, -0.2) is 34.6 Å². The molecule has 3 amide bonds. The smallest absolute Gasteiger partial charge is 0.336 e. The van der Waals surface area contributed by atoms with Gasteiger partial charge in [0.15, 0.2) is 0 Å². The van der Waals surface area contributed by atoms with Gasteiger partial charge in [0.1, 0.15) is 0 Å². The molecule has 0 saturated heterocycles. The molecule has 9 heteroatoms. The van der Waals surface area contributed by atoms with Gasteiger partial charge in [-0.05, 0) is 60.0 Å². The molecule has 0 aliphatic heterocycles. The molecule has 0 radical (unpaired) electrons. The molecule has 0 atom stereocenters. The standard InChI is InChI=1S/C27H21N3O5S/c28-25(32)17-10-12-18(13-11-17)29-23(31)15-36-20-7-3-6-19(14-20)30-26(33)21-8-1-4-16-5-2-9-22(24(16)21)27(34)35/h1-14H,15H2,(H2,28,32)(H,29,31)(H,30,33)(H,34,35). The van der Waals surface area contributed by atoms with E-state index in [4.69, 9.17) is 5.73 Å². The molecule has 180 valence electrons. The van der Waals surface area contributed by atoms with Crippen molar-refractivity contribution in [3.8, 4) is 0 Å². The second kappa shape index (κ2) is 10.7. The van der Waals surface area contributed by atoms with E-state index in [2.05, 4.69) is 10.6 Å². The van der Waals surface area contributed by atoms with Crippen molar-refractivity contribution in [3.05, 3.63) is 102 Å². The van der Waals surface area contributed by atoms with Crippen molar-refractivity contribution in [3.63, 3.8) is 0 Å². The monoisotopic (exact) mass is 499 g/mol. The molecule has 0 saturated carbocycles. The van der Waals surface area contributed by atoms with Crippen LogP contribution in [0.15, 0.2) is 89.8 Å². The number of thioether (sulfide) groups is 1. The number of benzene rings is 4. The van der Waals surface area contributed by atoms with Crippen molar-refractivity contribution < 1.29 is 24.3 Å². The minimum absolute atomic E-state index is 0.0536. The molecule has 0 unspecified atom stereocenters. The van der Waals surface area contributed by atoms with Gasteiger partial charge in [-0.15, -0.1) is 11.8 Å². The molecule has 0 aliphatic rings. The highest BCUT2D eigenvalue weighted by molar-refractivity contribution is 8.00.